The van der Waals surface area contributed by atoms with E-state index in [4.69, 9.17) is 14.6 Å². The maximum absolute atomic E-state index is 12.7. The molecule has 0 heterocycles. The third-order valence-electron chi connectivity index (χ3n) is 2.79. The standard InChI is InChI=1S/C12H13FO4.2C2H6/c1-16-10-6-8(11(14)15)2-3-9(10)17-12(7-13)4-5-12;2*1-2/h2-3,6H,4-5,7H2,1H3,(H,14,15);2*1-2H3. The highest BCUT2D eigenvalue weighted by Crippen LogP contribution is 2.43. The first kappa shape index (κ1) is 19.2. The van der Waals surface area contributed by atoms with Crippen molar-refractivity contribution in [3.8, 4) is 11.5 Å². The Labute approximate surface area is 125 Å². The van der Waals surface area contributed by atoms with Crippen LogP contribution in [0.2, 0.25) is 0 Å². The molecule has 0 bridgehead atoms. The van der Waals surface area contributed by atoms with E-state index in [9.17, 15) is 9.18 Å². The van der Waals surface area contributed by atoms with Crippen molar-refractivity contribution in [3.05, 3.63) is 23.8 Å². The Kier molecular flexibility index (Phi) is 8.43. The van der Waals surface area contributed by atoms with Crippen LogP contribution in [0.1, 0.15) is 50.9 Å². The average molecular weight is 300 g/mol. The van der Waals surface area contributed by atoms with Gasteiger partial charge in [0.05, 0.1) is 12.7 Å². The number of aromatic carboxylic acids is 1. The molecular formula is C16H25FO4. The van der Waals surface area contributed by atoms with Crippen LogP contribution < -0.4 is 9.47 Å². The van der Waals surface area contributed by atoms with Crippen molar-refractivity contribution in [2.75, 3.05) is 13.8 Å². The summed E-state index contributed by atoms with van der Waals surface area (Å²) in [6.07, 6.45) is 1.35. The topological polar surface area (TPSA) is 55.8 Å². The maximum atomic E-state index is 12.7. The Bertz CT molecular complexity index is 442. The van der Waals surface area contributed by atoms with Gasteiger partial charge in [-0.2, -0.15) is 0 Å². The summed E-state index contributed by atoms with van der Waals surface area (Å²) in [6, 6.07) is 4.28. The molecule has 0 unspecified atom stereocenters. The second-order valence-corrected chi connectivity index (χ2v) is 4.09. The first-order chi connectivity index (χ1) is 10.1. The third kappa shape index (κ3) is 5.25. The largest absolute Gasteiger partial charge is 0.493 e. The molecule has 1 aliphatic carbocycles. The second-order valence-electron chi connectivity index (χ2n) is 4.09. The summed E-state index contributed by atoms with van der Waals surface area (Å²) >= 11 is 0. The van der Waals surface area contributed by atoms with E-state index in [2.05, 4.69) is 0 Å². The lowest BCUT2D eigenvalue weighted by molar-refractivity contribution is 0.0696. The van der Waals surface area contributed by atoms with Gasteiger partial charge in [0.2, 0.25) is 0 Å². The van der Waals surface area contributed by atoms with E-state index in [0.717, 1.165) is 0 Å². The smallest absolute Gasteiger partial charge is 0.335 e. The van der Waals surface area contributed by atoms with Crippen molar-refractivity contribution < 1.29 is 23.8 Å². The fourth-order valence-electron chi connectivity index (χ4n) is 1.52. The van der Waals surface area contributed by atoms with Gasteiger partial charge in [-0.1, -0.05) is 27.7 Å². The number of halogens is 1. The van der Waals surface area contributed by atoms with E-state index in [0.29, 0.717) is 24.3 Å². The lowest BCUT2D eigenvalue weighted by Gasteiger charge is -2.17. The van der Waals surface area contributed by atoms with Crippen LogP contribution in [0.5, 0.6) is 11.5 Å². The lowest BCUT2D eigenvalue weighted by Crippen LogP contribution is -2.20. The van der Waals surface area contributed by atoms with Crippen LogP contribution in [0.15, 0.2) is 18.2 Å². The van der Waals surface area contributed by atoms with Crippen molar-refractivity contribution in [2.45, 2.75) is 46.1 Å². The normalized spacial score (nSPS) is 13.8. The highest BCUT2D eigenvalue weighted by atomic mass is 19.1. The van der Waals surface area contributed by atoms with Crippen molar-refractivity contribution in [3.63, 3.8) is 0 Å². The molecule has 4 nitrogen and oxygen atoms in total. The molecule has 2 rings (SSSR count). The molecule has 0 radical (unpaired) electrons. The summed E-state index contributed by atoms with van der Waals surface area (Å²) in [7, 11) is 1.42. The van der Waals surface area contributed by atoms with Gasteiger partial charge in [0.1, 0.15) is 12.3 Å². The quantitative estimate of drug-likeness (QED) is 0.879. The van der Waals surface area contributed by atoms with Crippen LogP contribution in [-0.4, -0.2) is 30.5 Å². The zero-order valence-electron chi connectivity index (χ0n) is 13.4. The van der Waals surface area contributed by atoms with Crippen LogP contribution in [-0.2, 0) is 0 Å². The molecule has 0 aliphatic heterocycles. The van der Waals surface area contributed by atoms with Gasteiger partial charge in [0.25, 0.3) is 0 Å². The minimum atomic E-state index is -1.04. The monoisotopic (exact) mass is 300 g/mol. The predicted molar refractivity (Wildman–Crippen MR) is 81.2 cm³/mol. The zero-order valence-corrected chi connectivity index (χ0v) is 13.4. The van der Waals surface area contributed by atoms with Gasteiger partial charge in [-0.3, -0.25) is 0 Å². The van der Waals surface area contributed by atoms with Gasteiger partial charge < -0.3 is 14.6 Å². The van der Waals surface area contributed by atoms with Crippen LogP contribution in [0, 0.1) is 0 Å². The van der Waals surface area contributed by atoms with Gasteiger partial charge in [0, 0.05) is 0 Å². The molecule has 120 valence electrons. The van der Waals surface area contributed by atoms with E-state index in [1.165, 1.54) is 25.3 Å². The summed E-state index contributed by atoms with van der Waals surface area (Å²) in [5.41, 5.74) is -0.614. The predicted octanol–water partition coefficient (Wildman–Crippen LogP) is 4.33. The lowest BCUT2D eigenvalue weighted by atomic mass is 10.2. The van der Waals surface area contributed by atoms with Gasteiger partial charge in [-0.15, -0.1) is 0 Å². The second kappa shape index (κ2) is 9.21. The first-order valence-electron chi connectivity index (χ1n) is 7.26. The summed E-state index contributed by atoms with van der Waals surface area (Å²) in [4.78, 5) is 10.8. The van der Waals surface area contributed by atoms with Crippen molar-refractivity contribution in [1.29, 1.82) is 0 Å². The number of benzene rings is 1. The van der Waals surface area contributed by atoms with Crippen LogP contribution >= 0.6 is 0 Å². The SMILES string of the molecule is CC.CC.COc1cc(C(=O)O)ccc1OC1(CF)CC1. The molecule has 1 aromatic rings. The molecule has 5 heteroatoms. The molecule has 1 aromatic carbocycles. The molecule has 0 saturated heterocycles. The molecule has 1 N–H and O–H groups in total. The molecular weight excluding hydrogens is 275 g/mol. The van der Waals surface area contributed by atoms with Gasteiger partial charge in [-0.25, -0.2) is 9.18 Å². The third-order valence-corrected chi connectivity index (χ3v) is 2.79. The highest BCUT2D eigenvalue weighted by Gasteiger charge is 2.46. The van der Waals surface area contributed by atoms with Gasteiger partial charge >= 0.3 is 5.97 Å². The molecule has 0 atom stereocenters. The first-order valence-corrected chi connectivity index (χ1v) is 7.26. The average Bonchev–Trinajstić information content (AvgIpc) is 3.31. The van der Waals surface area contributed by atoms with Crippen molar-refractivity contribution in [1.82, 2.24) is 0 Å². The van der Waals surface area contributed by atoms with Gasteiger partial charge in [-0.05, 0) is 31.0 Å². The van der Waals surface area contributed by atoms with Crippen molar-refractivity contribution >= 4 is 5.97 Å². The summed E-state index contributed by atoms with van der Waals surface area (Å²) in [6.45, 7) is 7.46. The Balaban J connectivity index is 0.000000921. The molecule has 1 fully saturated rings. The molecule has 1 saturated carbocycles. The number of rotatable bonds is 5. The summed E-state index contributed by atoms with van der Waals surface area (Å²) in [5.74, 6) is -0.348. The minimum absolute atomic E-state index is 0.110. The number of carboxylic acid groups (broad SMARTS) is 1. The van der Waals surface area contributed by atoms with Crippen molar-refractivity contribution in [2.24, 2.45) is 0 Å². The maximum Gasteiger partial charge on any atom is 0.335 e. The Hall–Kier alpha value is -1.78. The number of ether oxygens (including phenoxy) is 2. The number of carbonyl (C=O) groups is 1. The molecule has 21 heavy (non-hydrogen) atoms. The van der Waals surface area contributed by atoms with Crippen LogP contribution in [0.3, 0.4) is 0 Å². The van der Waals surface area contributed by atoms with Gasteiger partial charge in [0.15, 0.2) is 11.5 Å². The Morgan fingerprint density at radius 1 is 1.24 bits per heavy atom. The van der Waals surface area contributed by atoms with E-state index in [1.807, 2.05) is 27.7 Å². The zero-order chi connectivity index (χ0) is 16.5. The van der Waals surface area contributed by atoms with E-state index < -0.39 is 18.2 Å². The number of methoxy groups -OCH3 is 1. The Morgan fingerprint density at radius 3 is 2.19 bits per heavy atom. The number of hydrogen-bond acceptors (Lipinski definition) is 3. The number of carboxylic acids is 1. The molecule has 0 spiro atoms. The number of alkyl halides is 1. The van der Waals surface area contributed by atoms with E-state index in [1.54, 1.807) is 0 Å². The highest BCUT2D eigenvalue weighted by molar-refractivity contribution is 5.88. The van der Waals surface area contributed by atoms with E-state index in [-0.39, 0.29) is 5.56 Å². The summed E-state index contributed by atoms with van der Waals surface area (Å²) in [5, 5.41) is 8.83. The minimum Gasteiger partial charge on any atom is -0.493 e. The van der Waals surface area contributed by atoms with Crippen LogP contribution in [0.4, 0.5) is 4.39 Å². The molecule has 1 aliphatic rings. The Morgan fingerprint density at radius 2 is 1.81 bits per heavy atom. The van der Waals surface area contributed by atoms with E-state index >= 15 is 0 Å². The fourth-order valence-corrected chi connectivity index (χ4v) is 1.52. The molecule has 0 aromatic heterocycles. The number of hydrogen-bond donors (Lipinski definition) is 1. The summed E-state index contributed by atoms with van der Waals surface area (Å²) < 4.78 is 23.3. The fraction of sp³-hybridized carbons (Fsp3) is 0.562. The molecule has 0 amide bonds. The van der Waals surface area contributed by atoms with Crippen LogP contribution in [0.25, 0.3) is 0 Å².